The lowest BCUT2D eigenvalue weighted by Crippen LogP contribution is -2.41. The molecule has 7 nitrogen and oxygen atoms in total. The number of carbonyl (C=O) groups excluding carboxylic acids is 1. The van der Waals surface area contributed by atoms with E-state index in [9.17, 15) is 4.79 Å². The van der Waals surface area contributed by atoms with Gasteiger partial charge in [-0.15, -0.1) is 18.1 Å². The predicted molar refractivity (Wildman–Crippen MR) is 151 cm³/mol. The zero-order valence-corrected chi connectivity index (χ0v) is 24.9. The third kappa shape index (κ3) is 5.29. The Morgan fingerprint density at radius 1 is 1.24 bits per heavy atom. The first-order valence-corrected chi connectivity index (χ1v) is 16.4. The van der Waals surface area contributed by atoms with Crippen LogP contribution in [0.5, 0.6) is 0 Å². The first kappa shape index (κ1) is 27.6. The van der Waals surface area contributed by atoms with Crippen LogP contribution < -0.4 is 0 Å². The van der Waals surface area contributed by atoms with Gasteiger partial charge in [-0.05, 0) is 47.0 Å². The van der Waals surface area contributed by atoms with Gasteiger partial charge in [0.15, 0.2) is 0 Å². The van der Waals surface area contributed by atoms with Gasteiger partial charge in [0, 0.05) is 43.3 Å². The molecule has 3 heterocycles. The average molecular weight is 526 g/mol. The SMILES string of the molecule is CCOC(=O)c1c(CCCO[Si-](C)(C)C(C)(C)C)c2cccc3c2n1CCCOCc1c-3c(C)nn1C. The maximum atomic E-state index is 13.4. The van der Waals surface area contributed by atoms with Crippen molar-refractivity contribution in [2.75, 3.05) is 19.8 Å². The van der Waals surface area contributed by atoms with Crippen molar-refractivity contribution in [3.8, 4) is 11.1 Å². The summed E-state index contributed by atoms with van der Waals surface area (Å²) in [6.07, 6.45) is 2.41. The van der Waals surface area contributed by atoms with Crippen LogP contribution in [0.4, 0.5) is 0 Å². The van der Waals surface area contributed by atoms with Gasteiger partial charge in [0.1, 0.15) is 5.69 Å². The van der Waals surface area contributed by atoms with Crippen LogP contribution in [0.3, 0.4) is 0 Å². The molecule has 0 atom stereocenters. The number of hydrogen-bond acceptors (Lipinski definition) is 5. The van der Waals surface area contributed by atoms with Crippen LogP contribution in [0.25, 0.3) is 22.0 Å². The third-order valence-electron chi connectivity index (χ3n) is 8.02. The van der Waals surface area contributed by atoms with E-state index in [0.29, 0.717) is 38.7 Å². The molecule has 3 aromatic rings. The standard InChI is InChI=1S/C29H43N3O4Si/c1-9-35-28(33)27-22(15-11-18-36-37(7,8)29(3,4)5)21-13-10-14-23-25-20(2)30-31(6)24(25)19-34-17-12-16-32(27)26(21)23/h10,13-14H,9,11-12,15-19H2,1-8H3/q-1. The minimum atomic E-state index is -1.83. The largest absolute Gasteiger partial charge is 0.564 e. The van der Waals surface area contributed by atoms with Gasteiger partial charge in [-0.2, -0.15) is 5.10 Å². The van der Waals surface area contributed by atoms with E-state index in [0.717, 1.165) is 58.2 Å². The van der Waals surface area contributed by atoms with E-state index in [-0.39, 0.29) is 11.0 Å². The maximum Gasteiger partial charge on any atom is 0.355 e. The Morgan fingerprint density at radius 3 is 2.70 bits per heavy atom. The summed E-state index contributed by atoms with van der Waals surface area (Å²) in [6, 6.07) is 6.39. The molecule has 1 aliphatic heterocycles. The van der Waals surface area contributed by atoms with E-state index in [1.165, 1.54) is 0 Å². The maximum absolute atomic E-state index is 13.4. The van der Waals surface area contributed by atoms with E-state index in [1.807, 2.05) is 25.6 Å². The Morgan fingerprint density at radius 2 is 2.00 bits per heavy atom. The third-order valence-corrected chi connectivity index (χ3v) is 12.6. The van der Waals surface area contributed by atoms with Gasteiger partial charge in [0.2, 0.25) is 0 Å². The van der Waals surface area contributed by atoms with Crippen molar-refractivity contribution in [2.45, 2.75) is 85.2 Å². The van der Waals surface area contributed by atoms with E-state index >= 15 is 0 Å². The lowest BCUT2D eigenvalue weighted by molar-refractivity contribution is 0.0511. The second-order valence-corrected chi connectivity index (χ2v) is 16.4. The van der Waals surface area contributed by atoms with Crippen LogP contribution in [0.1, 0.15) is 68.0 Å². The minimum absolute atomic E-state index is 0.168. The number of rotatable bonds is 7. The summed E-state index contributed by atoms with van der Waals surface area (Å²) in [5.41, 5.74) is 7.02. The van der Waals surface area contributed by atoms with E-state index < -0.39 is 8.32 Å². The molecule has 2 aromatic heterocycles. The average Bonchev–Trinajstić information content (AvgIpc) is 3.29. The molecule has 1 aromatic carbocycles. The topological polar surface area (TPSA) is 67.5 Å². The first-order valence-electron chi connectivity index (χ1n) is 13.5. The van der Waals surface area contributed by atoms with Gasteiger partial charge >= 0.3 is 5.97 Å². The van der Waals surface area contributed by atoms with Crippen molar-refractivity contribution in [1.82, 2.24) is 14.3 Å². The lowest BCUT2D eigenvalue weighted by atomic mass is 9.98. The van der Waals surface area contributed by atoms with Crippen LogP contribution in [0, 0.1) is 6.92 Å². The molecule has 8 heteroatoms. The molecule has 0 aliphatic carbocycles. The van der Waals surface area contributed by atoms with Crippen molar-refractivity contribution in [3.05, 3.63) is 40.8 Å². The Labute approximate surface area is 222 Å². The van der Waals surface area contributed by atoms with Gasteiger partial charge < -0.3 is 18.5 Å². The predicted octanol–water partition coefficient (Wildman–Crippen LogP) is 6.40. The molecule has 1 aliphatic rings. The number of fused-ring (bicyclic) bond motifs is 2. The second-order valence-electron chi connectivity index (χ2n) is 11.6. The van der Waals surface area contributed by atoms with Crippen molar-refractivity contribution >= 4 is 25.2 Å². The number of carbonyl (C=O) groups is 1. The van der Waals surface area contributed by atoms with Gasteiger partial charge in [-0.25, -0.2) is 4.79 Å². The molecule has 4 rings (SSSR count). The number of hydrogen-bond donors (Lipinski definition) is 0. The van der Waals surface area contributed by atoms with E-state index in [2.05, 4.69) is 56.6 Å². The monoisotopic (exact) mass is 525 g/mol. The second kappa shape index (κ2) is 10.7. The number of benzene rings is 1. The van der Waals surface area contributed by atoms with Crippen molar-refractivity contribution in [3.63, 3.8) is 0 Å². The number of esters is 1. The molecule has 0 N–H and O–H groups in total. The summed E-state index contributed by atoms with van der Waals surface area (Å²) < 4.78 is 22.2. The van der Waals surface area contributed by atoms with Gasteiger partial charge in [0.25, 0.3) is 0 Å². The zero-order valence-electron chi connectivity index (χ0n) is 23.9. The molecule has 0 saturated heterocycles. The molecule has 0 bridgehead atoms. The molecule has 0 amide bonds. The first-order chi connectivity index (χ1) is 17.5. The Balaban J connectivity index is 1.84. The fourth-order valence-corrected chi connectivity index (χ4v) is 6.19. The number of nitrogens with zero attached hydrogens (tertiary/aromatic N) is 3. The molecule has 37 heavy (non-hydrogen) atoms. The minimum Gasteiger partial charge on any atom is -0.564 e. The van der Waals surface area contributed by atoms with Crippen LogP contribution >= 0.6 is 0 Å². The molecule has 0 saturated carbocycles. The molecule has 0 radical (unpaired) electrons. The zero-order chi connectivity index (χ0) is 27.0. The highest BCUT2D eigenvalue weighted by Gasteiger charge is 2.28. The number of aromatic nitrogens is 3. The van der Waals surface area contributed by atoms with E-state index in [4.69, 9.17) is 19.0 Å². The highest BCUT2D eigenvalue weighted by molar-refractivity contribution is 6.74. The molecule has 203 valence electrons. The molecular formula is C29H43N3O4Si-. The number of para-hydroxylation sites is 1. The summed E-state index contributed by atoms with van der Waals surface area (Å²) >= 11 is 0. The lowest BCUT2D eigenvalue weighted by Gasteiger charge is -2.48. The Bertz CT molecular complexity index is 1280. The highest BCUT2D eigenvalue weighted by atomic mass is 28.4. The molecular weight excluding hydrogens is 482 g/mol. The summed E-state index contributed by atoms with van der Waals surface area (Å²) in [5.74, 6) is -0.258. The fraction of sp³-hybridized carbons (Fsp3) is 0.586. The molecule has 0 fully saturated rings. The fourth-order valence-electron chi connectivity index (χ4n) is 5.10. The summed E-state index contributed by atoms with van der Waals surface area (Å²) in [5, 5.41) is 6.00. The van der Waals surface area contributed by atoms with Crippen LogP contribution in [-0.2, 0) is 40.5 Å². The van der Waals surface area contributed by atoms with E-state index in [1.54, 1.807) is 0 Å². The van der Waals surface area contributed by atoms with Crippen molar-refractivity contribution in [1.29, 1.82) is 0 Å². The number of ether oxygens (including phenoxy) is 2. The highest BCUT2D eigenvalue weighted by Crippen LogP contribution is 2.40. The summed E-state index contributed by atoms with van der Waals surface area (Å²) in [4.78, 5) is 13.4. The van der Waals surface area contributed by atoms with Gasteiger partial charge in [0.05, 0.1) is 30.1 Å². The van der Waals surface area contributed by atoms with Gasteiger partial charge in [-0.3, -0.25) is 4.68 Å². The quantitative estimate of drug-likeness (QED) is 0.203. The smallest absolute Gasteiger partial charge is 0.355 e. The van der Waals surface area contributed by atoms with Crippen LogP contribution in [0.2, 0.25) is 18.1 Å². The van der Waals surface area contributed by atoms with Crippen LogP contribution in [-0.4, -0.2) is 48.5 Å². The van der Waals surface area contributed by atoms with Crippen LogP contribution in [0.15, 0.2) is 18.2 Å². The normalized spacial score (nSPS) is 14.6. The summed E-state index contributed by atoms with van der Waals surface area (Å²) in [6.45, 7) is 18.1. The van der Waals surface area contributed by atoms with Crippen molar-refractivity contribution in [2.24, 2.45) is 7.05 Å². The Hall–Kier alpha value is -2.42. The van der Waals surface area contributed by atoms with Crippen molar-refractivity contribution < 1.29 is 18.7 Å². The Kier molecular flexibility index (Phi) is 8.02. The molecule has 0 unspecified atom stereocenters. The van der Waals surface area contributed by atoms with Gasteiger partial charge in [-0.1, -0.05) is 39.0 Å². The summed E-state index contributed by atoms with van der Waals surface area (Å²) in [7, 11) is 0.137. The number of aryl methyl sites for hydroxylation is 4. The molecule has 0 spiro atoms.